The van der Waals surface area contributed by atoms with Crippen LogP contribution in [0.5, 0.6) is 5.75 Å². The monoisotopic (exact) mass is 271 g/mol. The van der Waals surface area contributed by atoms with E-state index in [1.165, 1.54) is 23.3 Å². The van der Waals surface area contributed by atoms with Crippen molar-refractivity contribution in [3.63, 3.8) is 0 Å². The molecule has 1 aliphatic carbocycles. The number of fused-ring (bicyclic) bond motifs is 1. The summed E-state index contributed by atoms with van der Waals surface area (Å²) in [5.74, 6) is 0.559. The fourth-order valence-corrected chi connectivity index (χ4v) is 2.70. The van der Waals surface area contributed by atoms with Gasteiger partial charge in [-0.1, -0.05) is 18.2 Å². The van der Waals surface area contributed by atoms with E-state index in [0.717, 1.165) is 30.6 Å². The average molecular weight is 271 g/mol. The third kappa shape index (κ3) is 2.83. The lowest BCUT2D eigenvalue weighted by molar-refractivity contribution is 0.304. The minimum Gasteiger partial charge on any atom is -0.489 e. The van der Waals surface area contributed by atoms with Crippen LogP contribution in [0.2, 0.25) is 0 Å². The Bertz CT molecular complexity index is 612. The van der Waals surface area contributed by atoms with E-state index in [4.69, 9.17) is 10.5 Å². The molecule has 2 aromatic rings. The van der Waals surface area contributed by atoms with Gasteiger partial charge in [-0.15, -0.1) is 0 Å². The molecule has 1 unspecified atom stereocenters. The minimum absolute atomic E-state index is 0.108. The second-order valence-electron chi connectivity index (χ2n) is 5.28. The van der Waals surface area contributed by atoms with Gasteiger partial charge in [0.1, 0.15) is 18.2 Å². The zero-order valence-corrected chi connectivity index (χ0v) is 11.3. The fourth-order valence-electron chi connectivity index (χ4n) is 2.70. The van der Waals surface area contributed by atoms with Crippen molar-refractivity contribution in [3.8, 4) is 5.75 Å². The van der Waals surface area contributed by atoms with Gasteiger partial charge in [-0.25, -0.2) is 4.39 Å². The van der Waals surface area contributed by atoms with Gasteiger partial charge in [0.05, 0.1) is 0 Å². The van der Waals surface area contributed by atoms with Gasteiger partial charge in [0.25, 0.3) is 0 Å². The Balaban J connectivity index is 1.73. The number of rotatable bonds is 3. The first kappa shape index (κ1) is 13.1. The first-order chi connectivity index (χ1) is 9.72. The average Bonchev–Trinajstić information content (AvgIpc) is 2.46. The maximum Gasteiger partial charge on any atom is 0.123 e. The molecule has 1 atom stereocenters. The number of benzene rings is 2. The summed E-state index contributed by atoms with van der Waals surface area (Å²) < 4.78 is 18.8. The molecule has 104 valence electrons. The Morgan fingerprint density at radius 3 is 2.95 bits per heavy atom. The quantitative estimate of drug-likeness (QED) is 0.923. The van der Waals surface area contributed by atoms with Gasteiger partial charge >= 0.3 is 0 Å². The molecule has 3 rings (SSSR count). The zero-order chi connectivity index (χ0) is 13.9. The van der Waals surface area contributed by atoms with Crippen LogP contribution in [0, 0.1) is 5.82 Å². The van der Waals surface area contributed by atoms with Crippen molar-refractivity contribution in [2.45, 2.75) is 31.9 Å². The summed E-state index contributed by atoms with van der Waals surface area (Å²) in [5, 5.41) is 0. The normalized spacial score (nSPS) is 17.6. The van der Waals surface area contributed by atoms with E-state index in [0.29, 0.717) is 6.61 Å². The molecule has 2 aromatic carbocycles. The smallest absolute Gasteiger partial charge is 0.123 e. The molecule has 0 bridgehead atoms. The van der Waals surface area contributed by atoms with E-state index >= 15 is 0 Å². The van der Waals surface area contributed by atoms with Crippen LogP contribution in [0.4, 0.5) is 4.39 Å². The molecule has 0 heterocycles. The van der Waals surface area contributed by atoms with Crippen molar-refractivity contribution in [2.75, 3.05) is 0 Å². The topological polar surface area (TPSA) is 35.2 Å². The minimum atomic E-state index is -0.237. The molecular weight excluding hydrogens is 253 g/mol. The second kappa shape index (κ2) is 5.63. The summed E-state index contributed by atoms with van der Waals surface area (Å²) in [6.45, 7) is 0.367. The fraction of sp³-hybridized carbons (Fsp3) is 0.294. The molecule has 1 aliphatic rings. The first-order valence-corrected chi connectivity index (χ1v) is 6.98. The van der Waals surface area contributed by atoms with E-state index in [9.17, 15) is 4.39 Å². The van der Waals surface area contributed by atoms with Crippen LogP contribution in [0.3, 0.4) is 0 Å². The molecule has 0 fully saturated rings. The van der Waals surface area contributed by atoms with Crippen molar-refractivity contribution in [1.29, 1.82) is 0 Å². The Morgan fingerprint density at radius 1 is 1.20 bits per heavy atom. The van der Waals surface area contributed by atoms with E-state index < -0.39 is 0 Å². The molecule has 3 heteroatoms. The lowest BCUT2D eigenvalue weighted by atomic mass is 9.88. The summed E-state index contributed by atoms with van der Waals surface area (Å²) in [5.41, 5.74) is 9.47. The second-order valence-corrected chi connectivity index (χ2v) is 5.28. The summed E-state index contributed by atoms with van der Waals surface area (Å²) in [7, 11) is 0. The van der Waals surface area contributed by atoms with Gasteiger partial charge in [0.15, 0.2) is 0 Å². The SMILES string of the molecule is NC1CCCc2ccc(OCc3cccc(F)c3)cc21. The summed E-state index contributed by atoms with van der Waals surface area (Å²) in [6.07, 6.45) is 3.27. The molecule has 0 saturated heterocycles. The molecule has 2 nitrogen and oxygen atoms in total. The van der Waals surface area contributed by atoms with Gasteiger partial charge in [-0.3, -0.25) is 0 Å². The number of hydrogen-bond acceptors (Lipinski definition) is 2. The Hall–Kier alpha value is -1.87. The van der Waals surface area contributed by atoms with E-state index in [-0.39, 0.29) is 11.9 Å². The third-order valence-electron chi connectivity index (χ3n) is 3.77. The molecule has 20 heavy (non-hydrogen) atoms. The summed E-state index contributed by atoms with van der Waals surface area (Å²) in [4.78, 5) is 0. The highest BCUT2D eigenvalue weighted by molar-refractivity contribution is 5.39. The highest BCUT2D eigenvalue weighted by atomic mass is 19.1. The van der Waals surface area contributed by atoms with E-state index in [2.05, 4.69) is 6.07 Å². The maximum absolute atomic E-state index is 13.1. The van der Waals surface area contributed by atoms with Crippen molar-refractivity contribution >= 4 is 0 Å². The molecular formula is C17H18FNO. The lowest BCUT2D eigenvalue weighted by Gasteiger charge is -2.22. The molecule has 2 N–H and O–H groups in total. The van der Waals surface area contributed by atoms with Gasteiger partial charge in [-0.05, 0) is 60.2 Å². The number of ether oxygens (including phenoxy) is 1. The number of hydrogen-bond donors (Lipinski definition) is 1. The Labute approximate surface area is 118 Å². The lowest BCUT2D eigenvalue weighted by Crippen LogP contribution is -2.17. The van der Waals surface area contributed by atoms with Gasteiger partial charge in [0, 0.05) is 6.04 Å². The van der Waals surface area contributed by atoms with Crippen molar-refractivity contribution < 1.29 is 9.13 Å². The van der Waals surface area contributed by atoms with Gasteiger partial charge < -0.3 is 10.5 Å². The van der Waals surface area contributed by atoms with Crippen LogP contribution >= 0.6 is 0 Å². The standard InChI is InChI=1S/C17H18FNO/c18-14-5-1-3-12(9-14)11-20-15-8-7-13-4-2-6-17(19)16(13)10-15/h1,3,5,7-10,17H,2,4,6,11,19H2. The van der Waals surface area contributed by atoms with Crippen LogP contribution in [0.15, 0.2) is 42.5 Å². The van der Waals surface area contributed by atoms with Crippen LogP contribution in [0.25, 0.3) is 0 Å². The number of halogens is 1. The van der Waals surface area contributed by atoms with Crippen LogP contribution < -0.4 is 10.5 Å². The van der Waals surface area contributed by atoms with Crippen molar-refractivity contribution in [3.05, 3.63) is 65.0 Å². The predicted molar refractivity (Wildman–Crippen MR) is 77.0 cm³/mol. The number of aryl methyl sites for hydroxylation is 1. The van der Waals surface area contributed by atoms with Crippen LogP contribution in [-0.2, 0) is 13.0 Å². The zero-order valence-electron chi connectivity index (χ0n) is 11.3. The summed E-state index contributed by atoms with van der Waals surface area (Å²) in [6, 6.07) is 12.7. The van der Waals surface area contributed by atoms with E-state index in [1.54, 1.807) is 6.07 Å². The highest BCUT2D eigenvalue weighted by Gasteiger charge is 2.17. The third-order valence-corrected chi connectivity index (χ3v) is 3.77. The molecule has 0 spiro atoms. The number of nitrogens with two attached hydrogens (primary N) is 1. The van der Waals surface area contributed by atoms with E-state index in [1.807, 2.05) is 18.2 Å². The molecule has 0 saturated carbocycles. The van der Waals surface area contributed by atoms with Crippen LogP contribution in [-0.4, -0.2) is 0 Å². The largest absolute Gasteiger partial charge is 0.489 e. The highest BCUT2D eigenvalue weighted by Crippen LogP contribution is 2.31. The van der Waals surface area contributed by atoms with Crippen molar-refractivity contribution in [2.24, 2.45) is 5.73 Å². The Morgan fingerprint density at radius 2 is 2.10 bits per heavy atom. The van der Waals surface area contributed by atoms with Crippen LogP contribution in [0.1, 0.15) is 35.6 Å². The van der Waals surface area contributed by atoms with Gasteiger partial charge in [0.2, 0.25) is 0 Å². The molecule has 0 aromatic heterocycles. The summed E-state index contributed by atoms with van der Waals surface area (Å²) >= 11 is 0. The van der Waals surface area contributed by atoms with Gasteiger partial charge in [-0.2, -0.15) is 0 Å². The molecule has 0 aliphatic heterocycles. The molecule has 0 amide bonds. The first-order valence-electron chi connectivity index (χ1n) is 6.98. The molecule has 0 radical (unpaired) electrons. The Kier molecular flexibility index (Phi) is 3.70. The maximum atomic E-state index is 13.1. The van der Waals surface area contributed by atoms with Crippen molar-refractivity contribution in [1.82, 2.24) is 0 Å². The predicted octanol–water partition coefficient (Wildman–Crippen LogP) is 3.74.